The zero-order valence-electron chi connectivity index (χ0n) is 13.7. The minimum atomic E-state index is -0.913. The molecule has 3 heteroatoms. The summed E-state index contributed by atoms with van der Waals surface area (Å²) in [5.41, 5.74) is 4.67. The van der Waals surface area contributed by atoms with E-state index in [9.17, 15) is 4.79 Å². The number of anilines is 1. The van der Waals surface area contributed by atoms with E-state index in [0.717, 1.165) is 16.8 Å². The van der Waals surface area contributed by atoms with Gasteiger partial charge in [-0.15, -0.1) is 0 Å². The fourth-order valence-corrected chi connectivity index (χ4v) is 2.50. The summed E-state index contributed by atoms with van der Waals surface area (Å²) in [5, 5.41) is 12.2. The molecule has 0 bridgehead atoms. The molecule has 0 aromatic heterocycles. The van der Waals surface area contributed by atoms with Gasteiger partial charge in [-0.2, -0.15) is 0 Å². The van der Waals surface area contributed by atoms with Gasteiger partial charge in [-0.05, 0) is 47.0 Å². The van der Waals surface area contributed by atoms with E-state index in [1.165, 1.54) is 5.56 Å². The third-order valence-electron chi connectivity index (χ3n) is 3.85. The Morgan fingerprint density at radius 2 is 1.52 bits per heavy atom. The zero-order valence-corrected chi connectivity index (χ0v) is 13.7. The van der Waals surface area contributed by atoms with Crippen LogP contribution in [0.15, 0.2) is 78.9 Å². The van der Waals surface area contributed by atoms with Crippen molar-refractivity contribution >= 4 is 23.8 Å². The average Bonchev–Trinajstić information content (AvgIpc) is 2.66. The fraction of sp³-hybridized carbons (Fsp3) is 0.0455. The molecule has 0 heterocycles. The molecule has 0 aliphatic carbocycles. The summed E-state index contributed by atoms with van der Waals surface area (Å²) < 4.78 is 0. The Kier molecular flexibility index (Phi) is 5.27. The molecule has 2 N–H and O–H groups in total. The maximum absolute atomic E-state index is 10.9. The van der Waals surface area contributed by atoms with E-state index in [1.54, 1.807) is 24.3 Å². The van der Waals surface area contributed by atoms with E-state index in [1.807, 2.05) is 24.3 Å². The number of hydrogen-bond donors (Lipinski definition) is 2. The molecule has 0 fully saturated rings. The summed E-state index contributed by atoms with van der Waals surface area (Å²) in [6.45, 7) is 0.680. The molecule has 0 radical (unpaired) electrons. The number of rotatable bonds is 6. The van der Waals surface area contributed by atoms with Gasteiger partial charge in [0.15, 0.2) is 0 Å². The standard InChI is InChI=1S/C22H19NO2/c24-22(25)20-11-13-21(14-12-20)23-16-19-8-4-7-18(15-19)10-9-17-5-2-1-3-6-17/h1-15,23H,16H2,(H,24,25)/b10-9+. The highest BCUT2D eigenvalue weighted by atomic mass is 16.4. The predicted molar refractivity (Wildman–Crippen MR) is 103 cm³/mol. The third kappa shape index (κ3) is 4.82. The minimum absolute atomic E-state index is 0.290. The Balaban J connectivity index is 1.63. The van der Waals surface area contributed by atoms with Gasteiger partial charge < -0.3 is 10.4 Å². The maximum Gasteiger partial charge on any atom is 0.335 e. The lowest BCUT2D eigenvalue weighted by Gasteiger charge is -2.07. The van der Waals surface area contributed by atoms with Gasteiger partial charge >= 0.3 is 5.97 Å². The zero-order chi connectivity index (χ0) is 17.5. The Morgan fingerprint density at radius 3 is 2.24 bits per heavy atom. The second-order valence-electron chi connectivity index (χ2n) is 5.73. The van der Waals surface area contributed by atoms with Crippen LogP contribution in [0.2, 0.25) is 0 Å². The normalized spacial score (nSPS) is 10.7. The van der Waals surface area contributed by atoms with Crippen molar-refractivity contribution in [3.63, 3.8) is 0 Å². The van der Waals surface area contributed by atoms with Crippen molar-refractivity contribution in [1.29, 1.82) is 0 Å². The van der Waals surface area contributed by atoms with Gasteiger partial charge in [0.05, 0.1) is 5.56 Å². The van der Waals surface area contributed by atoms with Gasteiger partial charge in [0.1, 0.15) is 0 Å². The smallest absolute Gasteiger partial charge is 0.335 e. The van der Waals surface area contributed by atoms with E-state index >= 15 is 0 Å². The molecule has 0 atom stereocenters. The molecule has 0 saturated carbocycles. The van der Waals surface area contributed by atoms with Crippen molar-refractivity contribution < 1.29 is 9.90 Å². The van der Waals surface area contributed by atoms with Crippen LogP contribution in [0, 0.1) is 0 Å². The number of benzene rings is 3. The molecule has 3 nitrogen and oxygen atoms in total. The lowest BCUT2D eigenvalue weighted by molar-refractivity contribution is 0.0697. The van der Waals surface area contributed by atoms with Gasteiger partial charge in [-0.3, -0.25) is 0 Å². The molecule has 0 aliphatic heterocycles. The number of carboxylic acids is 1. The highest BCUT2D eigenvalue weighted by Crippen LogP contribution is 2.14. The first kappa shape index (κ1) is 16.5. The average molecular weight is 329 g/mol. The predicted octanol–water partition coefficient (Wildman–Crippen LogP) is 5.17. The quantitative estimate of drug-likeness (QED) is 0.614. The number of carboxylic acid groups (broad SMARTS) is 1. The van der Waals surface area contributed by atoms with E-state index in [0.29, 0.717) is 12.1 Å². The van der Waals surface area contributed by atoms with E-state index in [4.69, 9.17) is 5.11 Å². The molecular weight excluding hydrogens is 310 g/mol. The summed E-state index contributed by atoms with van der Waals surface area (Å²) in [6.07, 6.45) is 4.19. The molecular formula is C22H19NO2. The molecule has 0 saturated heterocycles. The third-order valence-corrected chi connectivity index (χ3v) is 3.85. The maximum atomic E-state index is 10.9. The molecule has 0 aliphatic rings. The summed E-state index contributed by atoms with van der Waals surface area (Å²) in [6, 6.07) is 25.3. The van der Waals surface area contributed by atoms with Crippen LogP contribution < -0.4 is 5.32 Å². The van der Waals surface area contributed by atoms with Crippen LogP contribution in [-0.4, -0.2) is 11.1 Å². The lowest BCUT2D eigenvalue weighted by atomic mass is 10.1. The molecule has 0 unspecified atom stereocenters. The summed E-state index contributed by atoms with van der Waals surface area (Å²) in [5.74, 6) is -0.913. The monoisotopic (exact) mass is 329 g/mol. The topological polar surface area (TPSA) is 49.3 Å². The number of carbonyl (C=O) groups is 1. The largest absolute Gasteiger partial charge is 0.478 e. The number of hydrogen-bond acceptors (Lipinski definition) is 2. The van der Waals surface area contributed by atoms with E-state index in [-0.39, 0.29) is 0 Å². The van der Waals surface area contributed by atoms with Gasteiger partial charge in [-0.1, -0.05) is 60.7 Å². The number of aromatic carboxylic acids is 1. The Bertz CT molecular complexity index is 868. The van der Waals surface area contributed by atoms with Crippen molar-refractivity contribution in [2.45, 2.75) is 6.54 Å². The van der Waals surface area contributed by atoms with Crippen molar-refractivity contribution in [3.8, 4) is 0 Å². The van der Waals surface area contributed by atoms with Gasteiger partial charge in [-0.25, -0.2) is 4.79 Å². The first-order chi connectivity index (χ1) is 12.2. The second kappa shape index (κ2) is 7.97. The molecule has 3 aromatic carbocycles. The molecule has 0 amide bonds. The van der Waals surface area contributed by atoms with Crippen LogP contribution in [0.5, 0.6) is 0 Å². The molecule has 3 aromatic rings. The second-order valence-corrected chi connectivity index (χ2v) is 5.73. The first-order valence-electron chi connectivity index (χ1n) is 8.10. The summed E-state index contributed by atoms with van der Waals surface area (Å²) in [7, 11) is 0. The SMILES string of the molecule is O=C(O)c1ccc(NCc2cccc(/C=C/c3ccccc3)c2)cc1. The van der Waals surface area contributed by atoms with Gasteiger partial charge in [0.25, 0.3) is 0 Å². The van der Waals surface area contributed by atoms with Crippen LogP contribution in [-0.2, 0) is 6.54 Å². The molecule has 3 rings (SSSR count). The highest BCUT2D eigenvalue weighted by molar-refractivity contribution is 5.88. The van der Waals surface area contributed by atoms with Crippen LogP contribution >= 0.6 is 0 Å². The van der Waals surface area contributed by atoms with Crippen LogP contribution in [0.25, 0.3) is 12.2 Å². The first-order valence-corrected chi connectivity index (χ1v) is 8.10. The molecule has 25 heavy (non-hydrogen) atoms. The molecule has 124 valence electrons. The minimum Gasteiger partial charge on any atom is -0.478 e. The Hall–Kier alpha value is -3.33. The Morgan fingerprint density at radius 1 is 0.840 bits per heavy atom. The lowest BCUT2D eigenvalue weighted by Crippen LogP contribution is -2.01. The van der Waals surface area contributed by atoms with E-state index in [2.05, 4.69) is 47.8 Å². The highest BCUT2D eigenvalue weighted by Gasteiger charge is 2.01. The van der Waals surface area contributed by atoms with E-state index < -0.39 is 5.97 Å². The summed E-state index contributed by atoms with van der Waals surface area (Å²) >= 11 is 0. The van der Waals surface area contributed by atoms with Crippen LogP contribution in [0.3, 0.4) is 0 Å². The van der Waals surface area contributed by atoms with Crippen molar-refractivity contribution in [2.24, 2.45) is 0 Å². The molecule has 0 spiro atoms. The van der Waals surface area contributed by atoms with Crippen molar-refractivity contribution in [3.05, 3.63) is 101 Å². The number of nitrogens with one attached hydrogen (secondary N) is 1. The van der Waals surface area contributed by atoms with Crippen LogP contribution in [0.1, 0.15) is 27.0 Å². The summed E-state index contributed by atoms with van der Waals surface area (Å²) in [4.78, 5) is 10.9. The van der Waals surface area contributed by atoms with Crippen LogP contribution in [0.4, 0.5) is 5.69 Å². The van der Waals surface area contributed by atoms with Crippen molar-refractivity contribution in [2.75, 3.05) is 5.32 Å². The fourth-order valence-electron chi connectivity index (χ4n) is 2.50. The van der Waals surface area contributed by atoms with Gasteiger partial charge in [0, 0.05) is 12.2 Å². The Labute approximate surface area is 147 Å². The van der Waals surface area contributed by atoms with Crippen molar-refractivity contribution in [1.82, 2.24) is 0 Å². The van der Waals surface area contributed by atoms with Gasteiger partial charge in [0.2, 0.25) is 0 Å².